The Kier molecular flexibility index (Phi) is 8.09. The molecule has 0 bridgehead atoms. The number of benzene rings is 2. The van der Waals surface area contributed by atoms with Gasteiger partial charge in [-0.15, -0.1) is 0 Å². The van der Waals surface area contributed by atoms with Crippen molar-refractivity contribution in [3.05, 3.63) is 101 Å². The van der Waals surface area contributed by atoms with Crippen LogP contribution in [0.3, 0.4) is 0 Å². The standard InChI is InChI=1S/C30H25BrN2O7S/c1-5-38-29(36)26-16(2)32-30-33(27(26)19-9-11-23(39-17(3)34)24(14-19)37-4)28(35)25(41-30)15-21-10-12-22(40-21)18-7-6-8-20(31)13-18/h6-15,27H,5H2,1-4H3/b25-15+/t27-/m0/s1. The van der Waals surface area contributed by atoms with Crippen molar-refractivity contribution in [1.29, 1.82) is 0 Å². The summed E-state index contributed by atoms with van der Waals surface area (Å²) in [6, 6.07) is 15.4. The molecule has 0 amide bonds. The number of esters is 2. The van der Waals surface area contributed by atoms with Crippen LogP contribution in [-0.2, 0) is 14.3 Å². The van der Waals surface area contributed by atoms with E-state index in [-0.39, 0.29) is 29.2 Å². The highest BCUT2D eigenvalue weighted by atomic mass is 79.9. The molecule has 41 heavy (non-hydrogen) atoms. The third-order valence-electron chi connectivity index (χ3n) is 6.28. The number of nitrogens with zero attached hydrogens (tertiary/aromatic N) is 2. The molecular weight excluding hydrogens is 612 g/mol. The summed E-state index contributed by atoms with van der Waals surface area (Å²) >= 11 is 4.66. The fourth-order valence-corrected chi connectivity index (χ4v) is 5.98. The number of aromatic nitrogens is 1. The molecule has 11 heteroatoms. The van der Waals surface area contributed by atoms with Crippen LogP contribution in [0.5, 0.6) is 11.5 Å². The van der Waals surface area contributed by atoms with Gasteiger partial charge in [-0.25, -0.2) is 9.79 Å². The number of methoxy groups -OCH3 is 1. The van der Waals surface area contributed by atoms with Crippen molar-refractivity contribution in [1.82, 2.24) is 4.57 Å². The number of allylic oxidation sites excluding steroid dienone is 1. The fraction of sp³-hybridized carbons (Fsp3) is 0.200. The normalized spacial score (nSPS) is 14.9. The summed E-state index contributed by atoms with van der Waals surface area (Å²) in [4.78, 5) is 43.6. The summed E-state index contributed by atoms with van der Waals surface area (Å²) in [5.74, 6) is 0.551. The number of ether oxygens (including phenoxy) is 3. The Morgan fingerprint density at radius 3 is 2.66 bits per heavy atom. The predicted molar refractivity (Wildman–Crippen MR) is 157 cm³/mol. The molecule has 9 nitrogen and oxygen atoms in total. The fourth-order valence-electron chi connectivity index (χ4n) is 4.56. The van der Waals surface area contributed by atoms with Crippen molar-refractivity contribution in [2.75, 3.05) is 13.7 Å². The molecule has 1 atom stereocenters. The van der Waals surface area contributed by atoms with Gasteiger partial charge in [-0.05, 0) is 55.8 Å². The summed E-state index contributed by atoms with van der Waals surface area (Å²) in [5, 5.41) is 0. The van der Waals surface area contributed by atoms with Crippen LogP contribution in [0, 0.1) is 0 Å². The molecule has 0 unspecified atom stereocenters. The molecule has 2 aromatic heterocycles. The molecule has 210 valence electrons. The van der Waals surface area contributed by atoms with Crippen molar-refractivity contribution >= 4 is 45.3 Å². The van der Waals surface area contributed by atoms with E-state index >= 15 is 0 Å². The third kappa shape index (κ3) is 5.68. The number of carbonyl (C=O) groups is 2. The second kappa shape index (κ2) is 11.7. The van der Waals surface area contributed by atoms with E-state index < -0.39 is 18.0 Å². The Morgan fingerprint density at radius 2 is 1.95 bits per heavy atom. The maximum Gasteiger partial charge on any atom is 0.338 e. The minimum absolute atomic E-state index is 0.153. The number of hydrogen-bond acceptors (Lipinski definition) is 9. The van der Waals surface area contributed by atoms with Gasteiger partial charge in [-0.3, -0.25) is 14.2 Å². The molecule has 0 saturated heterocycles. The van der Waals surface area contributed by atoms with E-state index in [2.05, 4.69) is 20.9 Å². The topological polar surface area (TPSA) is 109 Å². The van der Waals surface area contributed by atoms with E-state index in [0.717, 1.165) is 10.0 Å². The number of rotatable bonds is 7. The second-order valence-corrected chi connectivity index (χ2v) is 10.9. The molecule has 0 spiro atoms. The summed E-state index contributed by atoms with van der Waals surface area (Å²) in [6.45, 7) is 4.86. The van der Waals surface area contributed by atoms with Crippen LogP contribution < -0.4 is 24.4 Å². The molecule has 1 aliphatic heterocycles. The lowest BCUT2D eigenvalue weighted by atomic mass is 9.95. The lowest BCUT2D eigenvalue weighted by Gasteiger charge is -2.25. The number of hydrogen-bond donors (Lipinski definition) is 0. The van der Waals surface area contributed by atoms with Crippen LogP contribution in [-0.4, -0.2) is 30.2 Å². The van der Waals surface area contributed by atoms with Crippen LogP contribution in [0.1, 0.15) is 38.1 Å². The maximum atomic E-state index is 13.9. The average molecular weight is 638 g/mol. The summed E-state index contributed by atoms with van der Waals surface area (Å²) in [7, 11) is 1.44. The van der Waals surface area contributed by atoms with Crippen molar-refractivity contribution < 1.29 is 28.2 Å². The number of thiazole rings is 1. The van der Waals surface area contributed by atoms with Gasteiger partial charge >= 0.3 is 11.9 Å². The minimum atomic E-state index is -0.860. The summed E-state index contributed by atoms with van der Waals surface area (Å²) in [5.41, 5.74) is 1.75. The molecule has 2 aromatic carbocycles. The van der Waals surface area contributed by atoms with Gasteiger partial charge < -0.3 is 18.6 Å². The smallest absolute Gasteiger partial charge is 0.338 e. The molecular formula is C30H25BrN2O7S. The zero-order valence-corrected chi connectivity index (χ0v) is 25.0. The van der Waals surface area contributed by atoms with Gasteiger partial charge in [0, 0.05) is 23.0 Å². The first-order valence-corrected chi connectivity index (χ1v) is 14.2. The average Bonchev–Trinajstić information content (AvgIpc) is 3.52. The Labute approximate surface area is 247 Å². The van der Waals surface area contributed by atoms with Crippen molar-refractivity contribution in [2.45, 2.75) is 26.8 Å². The van der Waals surface area contributed by atoms with Crippen molar-refractivity contribution in [2.24, 2.45) is 4.99 Å². The maximum absolute atomic E-state index is 13.9. The quantitative estimate of drug-likeness (QED) is 0.213. The summed E-state index contributed by atoms with van der Waals surface area (Å²) in [6.07, 6.45) is 1.66. The number of fused-ring (bicyclic) bond motifs is 1. The Hall–Kier alpha value is -4.22. The van der Waals surface area contributed by atoms with Crippen molar-refractivity contribution in [3.8, 4) is 22.8 Å². The van der Waals surface area contributed by atoms with Gasteiger partial charge in [-0.1, -0.05) is 45.5 Å². The van der Waals surface area contributed by atoms with Crippen LogP contribution >= 0.6 is 27.3 Å². The summed E-state index contributed by atoms with van der Waals surface area (Å²) < 4.78 is 24.8. The van der Waals surface area contributed by atoms with E-state index in [1.54, 1.807) is 44.2 Å². The third-order valence-corrected chi connectivity index (χ3v) is 7.76. The van der Waals surface area contributed by atoms with Crippen molar-refractivity contribution in [3.63, 3.8) is 0 Å². The highest BCUT2D eigenvalue weighted by Gasteiger charge is 2.34. The highest BCUT2D eigenvalue weighted by Crippen LogP contribution is 2.36. The largest absolute Gasteiger partial charge is 0.493 e. The molecule has 0 saturated carbocycles. The molecule has 0 N–H and O–H groups in total. The van der Waals surface area contributed by atoms with E-state index in [0.29, 0.717) is 32.1 Å². The Balaban J connectivity index is 1.65. The number of carbonyl (C=O) groups excluding carboxylic acids is 2. The van der Waals surface area contributed by atoms with Gasteiger partial charge in [0.25, 0.3) is 5.56 Å². The van der Waals surface area contributed by atoms with E-state index in [4.69, 9.17) is 18.6 Å². The zero-order valence-electron chi connectivity index (χ0n) is 22.6. The van der Waals surface area contributed by atoms with Crippen LogP contribution in [0.25, 0.3) is 17.4 Å². The molecule has 5 rings (SSSR count). The molecule has 3 heterocycles. The van der Waals surface area contributed by atoms with Crippen LogP contribution in [0.2, 0.25) is 0 Å². The van der Waals surface area contributed by atoms with Gasteiger partial charge in [-0.2, -0.15) is 0 Å². The first-order valence-electron chi connectivity index (χ1n) is 12.6. The Morgan fingerprint density at radius 1 is 1.15 bits per heavy atom. The van der Waals surface area contributed by atoms with E-state index in [1.165, 1.54) is 29.9 Å². The van der Waals surface area contributed by atoms with Gasteiger partial charge in [0.1, 0.15) is 11.5 Å². The molecule has 0 aliphatic carbocycles. The number of halogens is 1. The Bertz CT molecular complexity index is 1880. The van der Waals surface area contributed by atoms with Crippen LogP contribution in [0.4, 0.5) is 0 Å². The van der Waals surface area contributed by atoms with E-state index in [1.807, 2.05) is 30.3 Å². The highest BCUT2D eigenvalue weighted by molar-refractivity contribution is 9.10. The van der Waals surface area contributed by atoms with E-state index in [9.17, 15) is 14.4 Å². The lowest BCUT2D eigenvalue weighted by molar-refractivity contribution is -0.139. The van der Waals surface area contributed by atoms with Gasteiger partial charge in [0.2, 0.25) is 0 Å². The molecule has 0 radical (unpaired) electrons. The van der Waals surface area contributed by atoms with Gasteiger partial charge in [0.05, 0.1) is 35.6 Å². The zero-order chi connectivity index (χ0) is 29.3. The minimum Gasteiger partial charge on any atom is -0.493 e. The first kappa shape index (κ1) is 28.3. The molecule has 1 aliphatic rings. The van der Waals surface area contributed by atoms with Gasteiger partial charge in [0.15, 0.2) is 16.3 Å². The predicted octanol–water partition coefficient (Wildman–Crippen LogP) is 4.75. The second-order valence-electron chi connectivity index (χ2n) is 9.02. The number of furan rings is 1. The van der Waals surface area contributed by atoms with Crippen LogP contribution in [0.15, 0.2) is 84.5 Å². The lowest BCUT2D eigenvalue weighted by Crippen LogP contribution is -2.39. The monoisotopic (exact) mass is 636 g/mol. The SMILES string of the molecule is CCOC(=O)C1=C(C)N=c2s/c(=C/c3ccc(-c4cccc(Br)c4)o3)c(=O)n2[C@H]1c1ccc(OC(C)=O)c(OC)c1. The first-order chi connectivity index (χ1) is 19.7. The molecule has 4 aromatic rings. The molecule has 0 fully saturated rings.